The number of rotatable bonds is 2. The molecule has 1 aliphatic rings. The monoisotopic (exact) mass is 317 g/mol. The highest BCUT2D eigenvalue weighted by Gasteiger charge is 2.33. The number of hydrogen-bond acceptors (Lipinski definition) is 2. The average molecular weight is 318 g/mol. The summed E-state index contributed by atoms with van der Waals surface area (Å²) in [4.78, 5) is 0. The van der Waals surface area contributed by atoms with Crippen LogP contribution in [-0.4, -0.2) is 13.2 Å². The van der Waals surface area contributed by atoms with Gasteiger partial charge in [-0.25, -0.2) is 22.0 Å². The molecular formula is C12H13ClF5NO. The van der Waals surface area contributed by atoms with Crippen LogP contribution in [0.15, 0.2) is 0 Å². The number of nitrogens with two attached hydrogens (primary N) is 1. The Balaban J connectivity index is 0.00000200. The normalized spacial score (nSPS) is 17.7. The third-order valence-electron chi connectivity index (χ3n) is 3.35. The molecule has 114 valence electrons. The largest absolute Gasteiger partial charge is 0.381 e. The summed E-state index contributed by atoms with van der Waals surface area (Å²) in [7, 11) is 0. The van der Waals surface area contributed by atoms with Gasteiger partial charge in [0, 0.05) is 24.8 Å². The molecule has 1 fully saturated rings. The maximum absolute atomic E-state index is 13.6. The molecule has 1 aromatic carbocycles. The fraction of sp³-hybridized carbons (Fsp3) is 0.500. The van der Waals surface area contributed by atoms with E-state index in [1.54, 1.807) is 0 Å². The molecular weight excluding hydrogens is 305 g/mol. The Hall–Kier alpha value is -0.920. The molecule has 1 aliphatic heterocycles. The molecule has 0 amide bonds. The van der Waals surface area contributed by atoms with Gasteiger partial charge in [-0.05, 0) is 18.8 Å². The quantitative estimate of drug-likeness (QED) is 0.516. The van der Waals surface area contributed by atoms with E-state index in [-0.39, 0.29) is 18.3 Å². The lowest BCUT2D eigenvalue weighted by Gasteiger charge is -2.28. The zero-order valence-corrected chi connectivity index (χ0v) is 11.1. The van der Waals surface area contributed by atoms with Crippen LogP contribution in [0.2, 0.25) is 0 Å². The summed E-state index contributed by atoms with van der Waals surface area (Å²) in [6, 6.07) is -1.24. The van der Waals surface area contributed by atoms with E-state index in [2.05, 4.69) is 0 Å². The zero-order chi connectivity index (χ0) is 14.2. The van der Waals surface area contributed by atoms with Crippen molar-refractivity contribution in [2.45, 2.75) is 18.9 Å². The summed E-state index contributed by atoms with van der Waals surface area (Å²) in [5, 5.41) is 0. The fourth-order valence-electron chi connectivity index (χ4n) is 2.23. The van der Waals surface area contributed by atoms with E-state index in [1.807, 2.05) is 0 Å². The van der Waals surface area contributed by atoms with E-state index in [0.29, 0.717) is 26.1 Å². The predicted octanol–water partition coefficient (Wildman–Crippen LogP) is 3.23. The van der Waals surface area contributed by atoms with E-state index in [0.717, 1.165) is 0 Å². The van der Waals surface area contributed by atoms with Crippen LogP contribution < -0.4 is 5.73 Å². The van der Waals surface area contributed by atoms with E-state index in [4.69, 9.17) is 10.5 Å². The van der Waals surface area contributed by atoms with Crippen molar-refractivity contribution in [3.05, 3.63) is 34.6 Å². The van der Waals surface area contributed by atoms with Crippen molar-refractivity contribution in [1.29, 1.82) is 0 Å². The highest BCUT2D eigenvalue weighted by Crippen LogP contribution is 2.33. The van der Waals surface area contributed by atoms with E-state index in [9.17, 15) is 22.0 Å². The van der Waals surface area contributed by atoms with E-state index in [1.165, 1.54) is 0 Å². The van der Waals surface area contributed by atoms with Crippen molar-refractivity contribution in [2.24, 2.45) is 11.7 Å². The molecule has 2 rings (SSSR count). The van der Waals surface area contributed by atoms with Crippen LogP contribution >= 0.6 is 12.4 Å². The molecule has 2 nitrogen and oxygen atoms in total. The van der Waals surface area contributed by atoms with Gasteiger partial charge in [-0.3, -0.25) is 0 Å². The summed E-state index contributed by atoms with van der Waals surface area (Å²) in [6.45, 7) is 0.710. The van der Waals surface area contributed by atoms with Gasteiger partial charge in [0.1, 0.15) is 0 Å². The molecule has 2 N–H and O–H groups in total. The zero-order valence-electron chi connectivity index (χ0n) is 10.3. The van der Waals surface area contributed by atoms with Crippen molar-refractivity contribution in [2.75, 3.05) is 13.2 Å². The molecule has 0 unspecified atom stereocenters. The number of benzene rings is 1. The summed E-state index contributed by atoms with van der Waals surface area (Å²) in [5.41, 5.74) is 4.73. The van der Waals surface area contributed by atoms with Crippen LogP contribution in [0.5, 0.6) is 0 Å². The second-order valence-electron chi connectivity index (χ2n) is 4.46. The van der Waals surface area contributed by atoms with Gasteiger partial charge in [-0.15, -0.1) is 12.4 Å². The van der Waals surface area contributed by atoms with Gasteiger partial charge in [-0.1, -0.05) is 0 Å². The van der Waals surface area contributed by atoms with Gasteiger partial charge in [0.15, 0.2) is 23.3 Å². The van der Waals surface area contributed by atoms with Crippen molar-refractivity contribution in [1.82, 2.24) is 0 Å². The summed E-state index contributed by atoms with van der Waals surface area (Å²) >= 11 is 0. The molecule has 0 aromatic heterocycles. The molecule has 1 saturated heterocycles. The average Bonchev–Trinajstić information content (AvgIpc) is 2.44. The van der Waals surface area contributed by atoms with Crippen molar-refractivity contribution in [3.63, 3.8) is 0 Å². The third kappa shape index (κ3) is 2.89. The number of hydrogen-bond donors (Lipinski definition) is 1. The van der Waals surface area contributed by atoms with E-state index < -0.39 is 40.7 Å². The first kappa shape index (κ1) is 17.1. The number of halogens is 6. The third-order valence-corrected chi connectivity index (χ3v) is 3.35. The van der Waals surface area contributed by atoms with Crippen molar-refractivity contribution in [3.8, 4) is 0 Å². The molecule has 20 heavy (non-hydrogen) atoms. The maximum Gasteiger partial charge on any atom is 0.200 e. The number of ether oxygens (including phenoxy) is 1. The minimum Gasteiger partial charge on any atom is -0.381 e. The van der Waals surface area contributed by atoms with Gasteiger partial charge >= 0.3 is 0 Å². The lowest BCUT2D eigenvalue weighted by molar-refractivity contribution is 0.0573. The van der Waals surface area contributed by atoms with Crippen LogP contribution in [0.25, 0.3) is 0 Å². The van der Waals surface area contributed by atoms with E-state index >= 15 is 0 Å². The lowest BCUT2D eigenvalue weighted by Crippen LogP contribution is -2.29. The molecule has 1 heterocycles. The molecule has 0 spiro atoms. The molecule has 1 aromatic rings. The van der Waals surface area contributed by atoms with Crippen LogP contribution in [0, 0.1) is 35.0 Å². The first-order valence-electron chi connectivity index (χ1n) is 5.79. The summed E-state index contributed by atoms with van der Waals surface area (Å²) < 4.78 is 71.3. The molecule has 0 radical (unpaired) electrons. The van der Waals surface area contributed by atoms with Gasteiger partial charge in [0.25, 0.3) is 0 Å². The Morgan fingerprint density at radius 2 is 1.25 bits per heavy atom. The topological polar surface area (TPSA) is 35.2 Å². The fourth-order valence-corrected chi connectivity index (χ4v) is 2.23. The van der Waals surface area contributed by atoms with Gasteiger partial charge in [0.2, 0.25) is 5.82 Å². The first-order valence-corrected chi connectivity index (χ1v) is 5.79. The molecule has 0 aliphatic carbocycles. The summed E-state index contributed by atoms with van der Waals surface area (Å²) in [6.07, 6.45) is 0.835. The van der Waals surface area contributed by atoms with Crippen LogP contribution in [0.3, 0.4) is 0 Å². The van der Waals surface area contributed by atoms with Gasteiger partial charge < -0.3 is 10.5 Å². The Bertz CT molecular complexity index is 464. The Kier molecular flexibility index (Phi) is 5.73. The maximum atomic E-state index is 13.6. The summed E-state index contributed by atoms with van der Waals surface area (Å²) in [5.74, 6) is -10.2. The Morgan fingerprint density at radius 1 is 0.850 bits per heavy atom. The molecule has 0 saturated carbocycles. The molecule has 8 heteroatoms. The first-order chi connectivity index (χ1) is 8.95. The molecule has 0 bridgehead atoms. The smallest absolute Gasteiger partial charge is 0.200 e. The van der Waals surface area contributed by atoms with Gasteiger partial charge in [0.05, 0.1) is 0 Å². The highest BCUT2D eigenvalue weighted by atomic mass is 35.5. The second-order valence-corrected chi connectivity index (χ2v) is 4.46. The minimum absolute atomic E-state index is 0. The standard InChI is InChI=1S/C12H12F5NO.ClH/c13-7-6(8(14)10(16)11(17)9(7)15)12(18)5-1-3-19-4-2-5;/h5,12H,1-4,18H2;1H/t12-;/m0./s1. The highest BCUT2D eigenvalue weighted by molar-refractivity contribution is 5.85. The molecule has 1 atom stereocenters. The second kappa shape index (κ2) is 6.69. The lowest BCUT2D eigenvalue weighted by atomic mass is 9.87. The predicted molar refractivity (Wildman–Crippen MR) is 64.0 cm³/mol. The Morgan fingerprint density at radius 3 is 1.70 bits per heavy atom. The van der Waals surface area contributed by atoms with Crippen LogP contribution in [0.4, 0.5) is 22.0 Å². The van der Waals surface area contributed by atoms with Crippen LogP contribution in [-0.2, 0) is 4.74 Å². The van der Waals surface area contributed by atoms with Crippen molar-refractivity contribution >= 4 is 12.4 Å². The minimum atomic E-state index is -2.17. The van der Waals surface area contributed by atoms with Crippen molar-refractivity contribution < 1.29 is 26.7 Å². The van der Waals surface area contributed by atoms with Crippen LogP contribution in [0.1, 0.15) is 24.4 Å². The Labute approximate surface area is 118 Å². The van der Waals surface area contributed by atoms with Gasteiger partial charge in [-0.2, -0.15) is 0 Å². The SMILES string of the molecule is Cl.N[C@H](c1c(F)c(F)c(F)c(F)c1F)C1CCOCC1.